The number of aromatic nitrogens is 3. The topological polar surface area (TPSA) is 85.6 Å². The zero-order chi connectivity index (χ0) is 19.8. The van der Waals surface area contributed by atoms with Crippen LogP contribution in [0.3, 0.4) is 0 Å². The second kappa shape index (κ2) is 7.90. The summed E-state index contributed by atoms with van der Waals surface area (Å²) in [6.45, 7) is 0. The molecule has 11 heteroatoms. The molecular formula is C17H14Cl2N4O3S2. The smallest absolute Gasteiger partial charge is 0.341 e. The van der Waals surface area contributed by atoms with Gasteiger partial charge in [-0.1, -0.05) is 35.0 Å². The highest BCUT2D eigenvalue weighted by atomic mass is 35.5. The van der Waals surface area contributed by atoms with Crippen LogP contribution in [0.25, 0.3) is 5.65 Å². The molecule has 0 aromatic carbocycles. The Morgan fingerprint density at radius 3 is 2.96 bits per heavy atom. The van der Waals surface area contributed by atoms with Crippen LogP contribution >= 0.6 is 46.3 Å². The molecule has 0 saturated heterocycles. The van der Waals surface area contributed by atoms with Crippen LogP contribution in [0, 0.1) is 0 Å². The summed E-state index contributed by atoms with van der Waals surface area (Å²) in [5, 5.41) is 12.8. The number of nitrogens with zero attached hydrogens (tertiary/aromatic N) is 3. The lowest BCUT2D eigenvalue weighted by Crippen LogP contribution is -2.16. The molecule has 1 amide bonds. The summed E-state index contributed by atoms with van der Waals surface area (Å²) in [4.78, 5) is 25.8. The van der Waals surface area contributed by atoms with Crippen molar-refractivity contribution < 1.29 is 14.3 Å². The number of amides is 1. The van der Waals surface area contributed by atoms with Crippen molar-refractivity contribution >= 4 is 68.8 Å². The molecule has 0 bridgehead atoms. The fraction of sp³-hybridized carbons (Fsp3) is 0.294. The van der Waals surface area contributed by atoms with Crippen molar-refractivity contribution in [2.75, 3.05) is 18.2 Å². The first-order valence-corrected chi connectivity index (χ1v) is 10.9. The van der Waals surface area contributed by atoms with E-state index in [1.165, 1.54) is 30.2 Å². The van der Waals surface area contributed by atoms with Gasteiger partial charge < -0.3 is 10.1 Å². The fourth-order valence-electron chi connectivity index (χ4n) is 3.10. The molecule has 1 aliphatic rings. The summed E-state index contributed by atoms with van der Waals surface area (Å²) in [7, 11) is 1.34. The van der Waals surface area contributed by atoms with Crippen molar-refractivity contribution in [3.05, 3.63) is 38.3 Å². The number of esters is 1. The van der Waals surface area contributed by atoms with Gasteiger partial charge in [0, 0.05) is 11.1 Å². The predicted octanol–water partition coefficient (Wildman–Crippen LogP) is 4.10. The van der Waals surface area contributed by atoms with Gasteiger partial charge in [-0.05, 0) is 30.9 Å². The largest absolute Gasteiger partial charge is 0.465 e. The molecule has 0 spiro atoms. The van der Waals surface area contributed by atoms with E-state index in [1.54, 1.807) is 16.7 Å². The Bertz CT molecular complexity index is 1100. The van der Waals surface area contributed by atoms with Gasteiger partial charge in [0.25, 0.3) is 0 Å². The van der Waals surface area contributed by atoms with E-state index in [0.29, 0.717) is 31.4 Å². The SMILES string of the molecule is COC(=O)c1c(NC(=O)CSc2nnc3c(Cl)cc(Cl)cn23)sc2c1CCC2. The first-order chi connectivity index (χ1) is 13.5. The highest BCUT2D eigenvalue weighted by Crippen LogP contribution is 2.39. The zero-order valence-corrected chi connectivity index (χ0v) is 17.8. The molecule has 146 valence electrons. The lowest BCUT2D eigenvalue weighted by Gasteiger charge is -2.07. The van der Waals surface area contributed by atoms with E-state index in [4.69, 9.17) is 27.9 Å². The third-order valence-electron chi connectivity index (χ3n) is 4.29. The molecular weight excluding hydrogens is 443 g/mol. The summed E-state index contributed by atoms with van der Waals surface area (Å²) in [6, 6.07) is 1.58. The number of hydrogen-bond donors (Lipinski definition) is 1. The van der Waals surface area contributed by atoms with Crippen LogP contribution in [0.15, 0.2) is 17.4 Å². The van der Waals surface area contributed by atoms with Gasteiger partial charge in [-0.25, -0.2) is 4.79 Å². The maximum Gasteiger partial charge on any atom is 0.341 e. The van der Waals surface area contributed by atoms with Crippen molar-refractivity contribution in [3.63, 3.8) is 0 Å². The van der Waals surface area contributed by atoms with Crippen LogP contribution in [0.1, 0.15) is 27.2 Å². The molecule has 0 radical (unpaired) electrons. The Kier molecular flexibility index (Phi) is 5.50. The Morgan fingerprint density at radius 2 is 2.18 bits per heavy atom. The average molecular weight is 457 g/mol. The summed E-state index contributed by atoms with van der Waals surface area (Å²) in [6.07, 6.45) is 4.40. The number of thioether (sulfide) groups is 1. The molecule has 1 aliphatic carbocycles. The molecule has 4 rings (SSSR count). The highest BCUT2D eigenvalue weighted by Gasteiger charge is 2.28. The number of anilines is 1. The minimum absolute atomic E-state index is 0.0914. The minimum Gasteiger partial charge on any atom is -0.465 e. The van der Waals surface area contributed by atoms with Gasteiger partial charge in [0.15, 0.2) is 10.8 Å². The van der Waals surface area contributed by atoms with E-state index in [1.807, 2.05) is 0 Å². The maximum atomic E-state index is 12.5. The van der Waals surface area contributed by atoms with E-state index < -0.39 is 5.97 Å². The van der Waals surface area contributed by atoms with E-state index in [-0.39, 0.29) is 11.7 Å². The lowest BCUT2D eigenvalue weighted by molar-refractivity contribution is -0.113. The number of carbonyl (C=O) groups excluding carboxylic acids is 2. The van der Waals surface area contributed by atoms with Crippen molar-refractivity contribution in [2.24, 2.45) is 0 Å². The van der Waals surface area contributed by atoms with Gasteiger partial charge in [0.1, 0.15) is 5.00 Å². The van der Waals surface area contributed by atoms with Gasteiger partial charge in [-0.15, -0.1) is 21.5 Å². The predicted molar refractivity (Wildman–Crippen MR) is 110 cm³/mol. The monoisotopic (exact) mass is 456 g/mol. The number of aryl methyl sites for hydroxylation is 1. The Balaban J connectivity index is 1.50. The number of halogens is 2. The number of carbonyl (C=O) groups is 2. The minimum atomic E-state index is -0.421. The molecule has 7 nitrogen and oxygen atoms in total. The van der Waals surface area contributed by atoms with Crippen LogP contribution in [-0.2, 0) is 22.4 Å². The molecule has 3 aromatic rings. The number of hydrogen-bond acceptors (Lipinski definition) is 7. The van der Waals surface area contributed by atoms with Crippen LogP contribution in [0.4, 0.5) is 5.00 Å². The lowest BCUT2D eigenvalue weighted by atomic mass is 10.1. The van der Waals surface area contributed by atoms with Gasteiger partial charge in [0.05, 0.1) is 28.5 Å². The first kappa shape index (κ1) is 19.5. The van der Waals surface area contributed by atoms with Crippen LogP contribution in [0.5, 0.6) is 0 Å². The summed E-state index contributed by atoms with van der Waals surface area (Å²) < 4.78 is 6.54. The summed E-state index contributed by atoms with van der Waals surface area (Å²) in [5.74, 6) is -0.580. The molecule has 0 aliphatic heterocycles. The van der Waals surface area contributed by atoms with E-state index in [9.17, 15) is 9.59 Å². The van der Waals surface area contributed by atoms with Crippen LogP contribution in [0.2, 0.25) is 10.0 Å². The molecule has 0 unspecified atom stereocenters. The molecule has 0 fully saturated rings. The van der Waals surface area contributed by atoms with Crippen molar-refractivity contribution in [2.45, 2.75) is 24.4 Å². The number of ether oxygens (including phenoxy) is 1. The number of thiophene rings is 1. The molecule has 0 saturated carbocycles. The second-order valence-corrected chi connectivity index (χ2v) is 8.96. The molecule has 3 heterocycles. The third kappa shape index (κ3) is 3.59. The van der Waals surface area contributed by atoms with Crippen molar-refractivity contribution in [3.8, 4) is 0 Å². The van der Waals surface area contributed by atoms with Crippen molar-refractivity contribution in [1.29, 1.82) is 0 Å². The Hall–Kier alpha value is -1.81. The molecule has 3 aromatic heterocycles. The van der Waals surface area contributed by atoms with E-state index in [0.717, 1.165) is 29.7 Å². The quantitative estimate of drug-likeness (QED) is 0.459. The van der Waals surface area contributed by atoms with Gasteiger partial charge in [-0.2, -0.15) is 0 Å². The molecule has 1 N–H and O–H groups in total. The van der Waals surface area contributed by atoms with Crippen LogP contribution in [-0.4, -0.2) is 39.3 Å². The molecule has 28 heavy (non-hydrogen) atoms. The number of pyridine rings is 1. The summed E-state index contributed by atoms with van der Waals surface area (Å²) in [5.41, 5.74) is 1.94. The highest BCUT2D eigenvalue weighted by molar-refractivity contribution is 7.99. The third-order valence-corrected chi connectivity index (χ3v) is 6.93. The second-order valence-electron chi connectivity index (χ2n) is 6.07. The van der Waals surface area contributed by atoms with E-state index in [2.05, 4.69) is 15.5 Å². The first-order valence-electron chi connectivity index (χ1n) is 8.33. The standard InChI is InChI=1S/C17H14Cl2N4O3S2/c1-26-16(25)13-9-3-2-4-11(9)28-15(13)20-12(24)7-27-17-22-21-14-10(19)5-8(18)6-23(14)17/h5-6H,2-4,7H2,1H3,(H,20,24). The van der Waals surface area contributed by atoms with Gasteiger partial charge in [0.2, 0.25) is 5.91 Å². The number of nitrogens with one attached hydrogen (secondary N) is 1. The number of rotatable bonds is 5. The van der Waals surface area contributed by atoms with E-state index >= 15 is 0 Å². The summed E-state index contributed by atoms with van der Waals surface area (Å²) >= 11 is 14.8. The zero-order valence-electron chi connectivity index (χ0n) is 14.6. The fourth-order valence-corrected chi connectivity index (χ4v) is 5.62. The van der Waals surface area contributed by atoms with Crippen molar-refractivity contribution in [1.82, 2.24) is 14.6 Å². The van der Waals surface area contributed by atoms with Gasteiger partial charge in [-0.3, -0.25) is 9.20 Å². The average Bonchev–Trinajstić information content (AvgIpc) is 3.33. The number of methoxy groups -OCH3 is 1. The maximum absolute atomic E-state index is 12.5. The van der Waals surface area contributed by atoms with Gasteiger partial charge >= 0.3 is 5.97 Å². The Morgan fingerprint density at radius 1 is 1.36 bits per heavy atom. The normalized spacial score (nSPS) is 13.0. The van der Waals surface area contributed by atoms with Crippen LogP contribution < -0.4 is 5.32 Å². The molecule has 0 atom stereocenters. The number of fused-ring (bicyclic) bond motifs is 2. The Labute approximate surface area is 178 Å².